The van der Waals surface area contributed by atoms with Crippen molar-refractivity contribution in [2.45, 2.75) is 43.5 Å². The minimum atomic E-state index is -3.99. The van der Waals surface area contributed by atoms with Gasteiger partial charge in [0.15, 0.2) is 0 Å². The number of carboxylic acids is 1. The van der Waals surface area contributed by atoms with Crippen molar-refractivity contribution in [3.63, 3.8) is 0 Å². The van der Waals surface area contributed by atoms with Crippen LogP contribution in [0.1, 0.15) is 43.6 Å². The minimum Gasteiger partial charge on any atom is -0.480 e. The smallest absolute Gasteiger partial charge is 0.322 e. The maximum absolute atomic E-state index is 13.3. The van der Waals surface area contributed by atoms with Crippen LogP contribution in [0.5, 0.6) is 0 Å². The Bertz CT molecular complexity index is 1240. The highest BCUT2D eigenvalue weighted by molar-refractivity contribution is 7.89. The normalized spacial score (nSPS) is 12.8. The number of carbonyl (C=O) groups is 1. The summed E-state index contributed by atoms with van der Waals surface area (Å²) >= 11 is 0. The van der Waals surface area contributed by atoms with Crippen molar-refractivity contribution in [2.24, 2.45) is 0 Å². The molecule has 0 amide bonds. The Kier molecular flexibility index (Phi) is 7.68. The first-order valence-electron chi connectivity index (χ1n) is 10.7. The van der Waals surface area contributed by atoms with E-state index in [9.17, 15) is 17.6 Å². The van der Waals surface area contributed by atoms with Gasteiger partial charge in [0.1, 0.15) is 18.2 Å². The molecular formula is C25H28FN3O4S. The number of nitrogens with zero attached hydrogens (tertiary/aromatic N) is 1. The first-order valence-corrected chi connectivity index (χ1v) is 12.2. The number of hydrogen-bond donors (Lipinski definition) is 3. The zero-order valence-corrected chi connectivity index (χ0v) is 20.1. The maximum Gasteiger partial charge on any atom is 0.322 e. The van der Waals surface area contributed by atoms with Gasteiger partial charge in [-0.25, -0.2) is 22.5 Å². The Hall–Kier alpha value is -3.30. The van der Waals surface area contributed by atoms with E-state index in [4.69, 9.17) is 5.11 Å². The third-order valence-electron chi connectivity index (χ3n) is 5.23. The van der Waals surface area contributed by atoms with Crippen LogP contribution in [0.4, 0.5) is 10.2 Å². The molecule has 9 heteroatoms. The molecule has 0 aliphatic heterocycles. The fraction of sp³-hybridized carbons (Fsp3) is 0.280. The average Bonchev–Trinajstić information content (AvgIpc) is 2.77. The van der Waals surface area contributed by atoms with Gasteiger partial charge < -0.3 is 10.4 Å². The molecule has 3 aromatic rings. The van der Waals surface area contributed by atoms with Crippen molar-refractivity contribution in [3.8, 4) is 0 Å². The monoisotopic (exact) mass is 485 g/mol. The van der Waals surface area contributed by atoms with Crippen molar-refractivity contribution in [1.82, 2.24) is 9.71 Å². The van der Waals surface area contributed by atoms with Crippen LogP contribution in [0.25, 0.3) is 0 Å². The number of aliphatic carboxylic acids is 1. The zero-order valence-electron chi connectivity index (χ0n) is 19.2. The Morgan fingerprint density at radius 2 is 1.68 bits per heavy atom. The standard InChI is InChI=1S/C25H28FN3O4S/c1-25(2,3)18-9-7-17(8-10-18)15-22(21-5-4-6-23(28-21)27-16-24(30)31)29-34(32,33)20-13-11-19(26)12-14-20/h4-14,22,29H,15-16H2,1-3H3,(H,27,28)(H,30,31). The third-order valence-corrected chi connectivity index (χ3v) is 6.72. The molecule has 1 unspecified atom stereocenters. The highest BCUT2D eigenvalue weighted by Crippen LogP contribution is 2.25. The molecule has 180 valence electrons. The summed E-state index contributed by atoms with van der Waals surface area (Å²) in [5.74, 6) is -1.26. The van der Waals surface area contributed by atoms with E-state index in [0.29, 0.717) is 17.9 Å². The lowest BCUT2D eigenvalue weighted by atomic mass is 9.86. The number of sulfonamides is 1. The Labute approximate surface area is 199 Å². The summed E-state index contributed by atoms with van der Waals surface area (Å²) < 4.78 is 42.1. The molecule has 0 saturated carbocycles. The van der Waals surface area contributed by atoms with Crippen LogP contribution in [-0.4, -0.2) is 31.0 Å². The molecule has 3 N–H and O–H groups in total. The molecular weight excluding hydrogens is 457 g/mol. The summed E-state index contributed by atoms with van der Waals surface area (Å²) in [5.41, 5.74) is 2.44. The van der Waals surface area contributed by atoms with Crippen LogP contribution in [0, 0.1) is 5.82 Å². The largest absolute Gasteiger partial charge is 0.480 e. The lowest BCUT2D eigenvalue weighted by Crippen LogP contribution is -2.31. The minimum absolute atomic E-state index is 0.0200. The summed E-state index contributed by atoms with van der Waals surface area (Å²) in [6.07, 6.45) is 0.306. The first-order chi connectivity index (χ1) is 15.9. The van der Waals surface area contributed by atoms with Crippen molar-refractivity contribution in [2.75, 3.05) is 11.9 Å². The zero-order chi connectivity index (χ0) is 24.9. The molecule has 2 aromatic carbocycles. The maximum atomic E-state index is 13.3. The van der Waals surface area contributed by atoms with E-state index in [1.54, 1.807) is 18.2 Å². The van der Waals surface area contributed by atoms with Crippen molar-refractivity contribution < 1.29 is 22.7 Å². The van der Waals surface area contributed by atoms with Crippen LogP contribution < -0.4 is 10.0 Å². The van der Waals surface area contributed by atoms with Crippen LogP contribution in [0.2, 0.25) is 0 Å². The van der Waals surface area contributed by atoms with Gasteiger partial charge in [-0.1, -0.05) is 51.1 Å². The topological polar surface area (TPSA) is 108 Å². The van der Waals surface area contributed by atoms with E-state index in [-0.39, 0.29) is 16.9 Å². The fourth-order valence-corrected chi connectivity index (χ4v) is 4.57. The van der Waals surface area contributed by atoms with Gasteiger partial charge in [0.2, 0.25) is 10.0 Å². The molecule has 1 atom stereocenters. The molecule has 0 aliphatic carbocycles. The molecule has 7 nitrogen and oxygen atoms in total. The number of aromatic nitrogens is 1. The van der Waals surface area contributed by atoms with Crippen molar-refractivity contribution in [1.29, 1.82) is 0 Å². The second-order valence-corrected chi connectivity index (χ2v) is 10.7. The quantitative estimate of drug-likeness (QED) is 0.418. The van der Waals surface area contributed by atoms with Crippen LogP contribution in [0.15, 0.2) is 71.6 Å². The predicted octanol–water partition coefficient (Wildman–Crippen LogP) is 4.28. The van der Waals surface area contributed by atoms with E-state index in [2.05, 4.69) is 35.8 Å². The number of benzene rings is 2. The van der Waals surface area contributed by atoms with E-state index < -0.39 is 27.9 Å². The van der Waals surface area contributed by atoms with E-state index in [1.807, 2.05) is 24.3 Å². The molecule has 0 spiro atoms. The van der Waals surface area contributed by atoms with Gasteiger partial charge in [-0.15, -0.1) is 0 Å². The third kappa shape index (κ3) is 6.85. The Morgan fingerprint density at radius 3 is 2.26 bits per heavy atom. The second-order valence-electron chi connectivity index (χ2n) is 8.97. The molecule has 1 aromatic heterocycles. The van der Waals surface area contributed by atoms with Crippen LogP contribution in [-0.2, 0) is 26.7 Å². The summed E-state index contributed by atoms with van der Waals surface area (Å²) in [5, 5.41) is 11.6. The molecule has 0 aliphatic rings. The fourth-order valence-electron chi connectivity index (χ4n) is 3.36. The molecule has 0 fully saturated rings. The highest BCUT2D eigenvalue weighted by atomic mass is 32.2. The van der Waals surface area contributed by atoms with Gasteiger partial charge in [0, 0.05) is 0 Å². The Morgan fingerprint density at radius 1 is 1.03 bits per heavy atom. The molecule has 0 bridgehead atoms. The SMILES string of the molecule is CC(C)(C)c1ccc(CC(NS(=O)(=O)c2ccc(F)cc2)c2cccc(NCC(=O)O)n2)cc1. The van der Waals surface area contributed by atoms with Crippen LogP contribution in [0.3, 0.4) is 0 Å². The van der Waals surface area contributed by atoms with Gasteiger partial charge in [-0.2, -0.15) is 0 Å². The summed E-state index contributed by atoms with van der Waals surface area (Å²) in [7, 11) is -3.99. The van der Waals surface area contributed by atoms with Crippen molar-refractivity contribution >= 4 is 21.8 Å². The van der Waals surface area contributed by atoms with Gasteiger partial charge in [-0.3, -0.25) is 4.79 Å². The number of nitrogens with one attached hydrogen (secondary N) is 2. The molecule has 1 heterocycles. The summed E-state index contributed by atoms with van der Waals surface area (Å²) in [6, 6.07) is 16.7. The molecule has 3 rings (SSSR count). The van der Waals surface area contributed by atoms with Gasteiger partial charge >= 0.3 is 5.97 Å². The van der Waals surface area contributed by atoms with Crippen molar-refractivity contribution in [3.05, 3.63) is 89.4 Å². The lowest BCUT2D eigenvalue weighted by molar-refractivity contribution is -0.134. The van der Waals surface area contributed by atoms with Gasteiger partial charge in [0.05, 0.1) is 16.6 Å². The Balaban J connectivity index is 1.93. The van der Waals surface area contributed by atoms with Gasteiger partial charge in [0.25, 0.3) is 0 Å². The molecule has 34 heavy (non-hydrogen) atoms. The number of pyridine rings is 1. The number of halogens is 1. The van der Waals surface area contributed by atoms with Crippen LogP contribution >= 0.6 is 0 Å². The van der Waals surface area contributed by atoms with E-state index in [0.717, 1.165) is 23.3 Å². The number of rotatable bonds is 9. The van der Waals surface area contributed by atoms with E-state index >= 15 is 0 Å². The average molecular weight is 486 g/mol. The first kappa shape index (κ1) is 25.3. The second kappa shape index (κ2) is 10.3. The number of carboxylic acid groups (broad SMARTS) is 1. The number of hydrogen-bond acceptors (Lipinski definition) is 5. The summed E-state index contributed by atoms with van der Waals surface area (Å²) in [4.78, 5) is 15.3. The molecule has 0 radical (unpaired) electrons. The summed E-state index contributed by atoms with van der Waals surface area (Å²) in [6.45, 7) is 6.01. The van der Waals surface area contributed by atoms with E-state index in [1.165, 1.54) is 12.1 Å². The highest BCUT2D eigenvalue weighted by Gasteiger charge is 2.24. The van der Waals surface area contributed by atoms with Gasteiger partial charge in [-0.05, 0) is 59.4 Å². The predicted molar refractivity (Wildman–Crippen MR) is 129 cm³/mol. The number of anilines is 1. The lowest BCUT2D eigenvalue weighted by Gasteiger charge is -2.21. The molecule has 0 saturated heterocycles.